The van der Waals surface area contributed by atoms with Crippen LogP contribution in [-0.2, 0) is 9.53 Å². The van der Waals surface area contributed by atoms with Crippen LogP contribution in [0.4, 0.5) is 0 Å². The van der Waals surface area contributed by atoms with Crippen molar-refractivity contribution in [3.8, 4) is 0 Å². The number of ether oxygens (including phenoxy) is 1. The molecule has 0 heterocycles. The molecular formula is C10H20N2O2S2. The van der Waals surface area contributed by atoms with Crippen LogP contribution in [0.5, 0.6) is 0 Å². The number of carbonyl (C=O) groups is 1. The Morgan fingerprint density at radius 3 is 2.44 bits per heavy atom. The molecule has 1 atom stereocenters. The van der Waals surface area contributed by atoms with Gasteiger partial charge in [0.1, 0.15) is 6.04 Å². The second-order valence-electron chi connectivity index (χ2n) is 4.34. The van der Waals surface area contributed by atoms with Crippen molar-refractivity contribution in [1.29, 1.82) is 0 Å². The summed E-state index contributed by atoms with van der Waals surface area (Å²) in [4.78, 5) is 11.5. The van der Waals surface area contributed by atoms with Crippen molar-refractivity contribution in [2.24, 2.45) is 0 Å². The lowest BCUT2D eigenvalue weighted by Gasteiger charge is -2.25. The van der Waals surface area contributed by atoms with Gasteiger partial charge in [0.15, 0.2) is 5.11 Å². The molecule has 0 aliphatic rings. The van der Waals surface area contributed by atoms with E-state index in [4.69, 9.17) is 17.0 Å². The van der Waals surface area contributed by atoms with E-state index in [1.165, 1.54) is 0 Å². The number of thiocarbonyl (C=S) groups is 1. The topological polar surface area (TPSA) is 50.4 Å². The number of hydrogen-bond acceptors (Lipinski definition) is 4. The van der Waals surface area contributed by atoms with Crippen LogP contribution in [0, 0.1) is 0 Å². The molecule has 0 radical (unpaired) electrons. The summed E-state index contributed by atoms with van der Waals surface area (Å²) in [5, 5.41) is 6.37. The molecule has 4 nitrogen and oxygen atoms in total. The molecule has 16 heavy (non-hydrogen) atoms. The number of thiol groups is 1. The quantitative estimate of drug-likeness (QED) is 0.403. The Morgan fingerprint density at radius 2 is 2.06 bits per heavy atom. The molecule has 6 heteroatoms. The van der Waals surface area contributed by atoms with E-state index in [-0.39, 0.29) is 11.5 Å². The van der Waals surface area contributed by atoms with Gasteiger partial charge in [0.05, 0.1) is 6.61 Å². The van der Waals surface area contributed by atoms with Crippen LogP contribution in [0.2, 0.25) is 0 Å². The van der Waals surface area contributed by atoms with Gasteiger partial charge in [-0.3, -0.25) is 0 Å². The molecule has 0 saturated carbocycles. The van der Waals surface area contributed by atoms with Crippen LogP contribution in [-0.4, -0.2) is 35.0 Å². The summed E-state index contributed by atoms with van der Waals surface area (Å²) < 4.78 is 4.89. The average Bonchev–Trinajstić information content (AvgIpc) is 2.11. The van der Waals surface area contributed by atoms with Crippen LogP contribution in [0.1, 0.15) is 27.7 Å². The van der Waals surface area contributed by atoms with E-state index in [9.17, 15) is 4.79 Å². The summed E-state index contributed by atoms with van der Waals surface area (Å²) in [6.07, 6.45) is 0. The van der Waals surface area contributed by atoms with Gasteiger partial charge in [0.25, 0.3) is 0 Å². The van der Waals surface area contributed by atoms with Gasteiger partial charge in [-0.1, -0.05) is 0 Å². The van der Waals surface area contributed by atoms with Crippen molar-refractivity contribution < 1.29 is 9.53 Å². The minimum Gasteiger partial charge on any atom is -0.464 e. The zero-order valence-corrected chi connectivity index (χ0v) is 11.9. The third kappa shape index (κ3) is 6.90. The smallest absolute Gasteiger partial charge is 0.329 e. The van der Waals surface area contributed by atoms with Crippen molar-refractivity contribution in [2.75, 3.05) is 12.4 Å². The van der Waals surface area contributed by atoms with E-state index in [2.05, 4.69) is 23.3 Å². The fraction of sp³-hybridized carbons (Fsp3) is 0.800. The number of carbonyl (C=O) groups excluding carboxylic acids is 1. The van der Waals surface area contributed by atoms with Crippen LogP contribution >= 0.6 is 24.8 Å². The van der Waals surface area contributed by atoms with Crippen LogP contribution in [0.3, 0.4) is 0 Å². The molecule has 0 spiro atoms. The Labute approximate surface area is 108 Å². The summed E-state index contributed by atoms with van der Waals surface area (Å²) in [5.74, 6) is 0.000646. The second-order valence-corrected chi connectivity index (χ2v) is 5.11. The first-order chi connectivity index (χ1) is 7.30. The number of hydrogen-bond donors (Lipinski definition) is 3. The Balaban J connectivity index is 4.22. The molecule has 0 bridgehead atoms. The van der Waals surface area contributed by atoms with Crippen LogP contribution in [0.15, 0.2) is 0 Å². The fourth-order valence-corrected chi connectivity index (χ4v) is 1.65. The second kappa shape index (κ2) is 6.96. The largest absolute Gasteiger partial charge is 0.464 e. The summed E-state index contributed by atoms with van der Waals surface area (Å²) in [6.45, 7) is 8.08. The van der Waals surface area contributed by atoms with Crippen LogP contribution < -0.4 is 10.6 Å². The van der Waals surface area contributed by atoms with Gasteiger partial charge in [-0.05, 0) is 39.9 Å². The van der Waals surface area contributed by atoms with Crippen molar-refractivity contribution >= 4 is 35.9 Å². The maximum absolute atomic E-state index is 11.5. The molecule has 0 aliphatic heterocycles. The van der Waals surface area contributed by atoms with Gasteiger partial charge in [0.2, 0.25) is 0 Å². The molecule has 0 rings (SSSR count). The third-order valence-corrected chi connectivity index (χ3v) is 2.13. The van der Waals surface area contributed by atoms with Crippen LogP contribution in [0.25, 0.3) is 0 Å². The van der Waals surface area contributed by atoms with Gasteiger partial charge in [0, 0.05) is 11.3 Å². The Kier molecular flexibility index (Phi) is 6.74. The molecular weight excluding hydrogens is 244 g/mol. The first-order valence-electron chi connectivity index (χ1n) is 5.16. The molecule has 94 valence electrons. The molecule has 0 amide bonds. The first-order valence-corrected chi connectivity index (χ1v) is 6.20. The predicted molar refractivity (Wildman–Crippen MR) is 72.9 cm³/mol. The summed E-state index contributed by atoms with van der Waals surface area (Å²) in [6, 6.07) is -0.509. The monoisotopic (exact) mass is 264 g/mol. The van der Waals surface area contributed by atoms with E-state index in [0.717, 1.165) is 0 Å². The minimum atomic E-state index is -0.509. The fourth-order valence-electron chi connectivity index (χ4n) is 0.957. The molecule has 0 aromatic rings. The lowest BCUT2D eigenvalue weighted by atomic mass is 10.1. The highest BCUT2D eigenvalue weighted by atomic mass is 32.1. The minimum absolute atomic E-state index is 0.139. The van der Waals surface area contributed by atoms with E-state index in [0.29, 0.717) is 17.5 Å². The molecule has 0 aliphatic carbocycles. The van der Waals surface area contributed by atoms with Gasteiger partial charge in [-0.2, -0.15) is 12.6 Å². The molecule has 0 aromatic heterocycles. The molecule has 2 N–H and O–H groups in total. The normalized spacial score (nSPS) is 12.8. The highest BCUT2D eigenvalue weighted by Gasteiger charge is 2.20. The highest BCUT2D eigenvalue weighted by Crippen LogP contribution is 1.99. The molecule has 0 saturated heterocycles. The Bertz CT molecular complexity index is 252. The summed E-state index contributed by atoms with van der Waals surface area (Å²) in [5.41, 5.74) is -0.139. The van der Waals surface area contributed by atoms with Gasteiger partial charge >= 0.3 is 5.97 Å². The van der Waals surface area contributed by atoms with Crippen molar-refractivity contribution in [3.63, 3.8) is 0 Å². The Hall–Kier alpha value is -0.490. The lowest BCUT2D eigenvalue weighted by Crippen LogP contribution is -2.52. The van der Waals surface area contributed by atoms with Gasteiger partial charge in [-0.15, -0.1) is 0 Å². The highest BCUT2D eigenvalue weighted by molar-refractivity contribution is 7.80. The predicted octanol–water partition coefficient (Wildman–Crippen LogP) is 1.11. The first kappa shape index (κ1) is 15.5. The summed E-state index contributed by atoms with van der Waals surface area (Å²) >= 11 is 9.17. The van der Waals surface area contributed by atoms with E-state index in [1.54, 1.807) is 6.92 Å². The van der Waals surface area contributed by atoms with E-state index < -0.39 is 6.04 Å². The maximum atomic E-state index is 11.5. The van der Waals surface area contributed by atoms with Crippen molar-refractivity contribution in [3.05, 3.63) is 0 Å². The molecule has 0 aromatic carbocycles. The van der Waals surface area contributed by atoms with Gasteiger partial charge in [-0.25, -0.2) is 4.79 Å². The third-order valence-electron chi connectivity index (χ3n) is 1.55. The average molecular weight is 264 g/mol. The number of rotatable bonds is 4. The lowest BCUT2D eigenvalue weighted by molar-refractivity contribution is -0.144. The van der Waals surface area contributed by atoms with E-state index in [1.807, 2.05) is 20.8 Å². The Morgan fingerprint density at radius 1 is 1.50 bits per heavy atom. The van der Waals surface area contributed by atoms with Crippen molar-refractivity contribution in [1.82, 2.24) is 10.6 Å². The van der Waals surface area contributed by atoms with Gasteiger partial charge < -0.3 is 15.4 Å². The standard InChI is InChI=1S/C10H20N2O2S2/c1-5-14-8(13)7(6-15)11-9(16)12-10(2,3)4/h7,15H,5-6H2,1-4H3,(H2,11,12,16)/t7-/m0/s1. The summed E-state index contributed by atoms with van der Waals surface area (Å²) in [7, 11) is 0. The zero-order valence-electron chi connectivity index (χ0n) is 10.2. The maximum Gasteiger partial charge on any atom is 0.329 e. The van der Waals surface area contributed by atoms with Crippen molar-refractivity contribution in [2.45, 2.75) is 39.3 Å². The number of esters is 1. The SMILES string of the molecule is CCOC(=O)[C@H](CS)NC(=S)NC(C)(C)C. The zero-order chi connectivity index (χ0) is 12.8. The van der Waals surface area contributed by atoms with E-state index >= 15 is 0 Å². The molecule has 0 fully saturated rings. The molecule has 0 unspecified atom stereocenters. The number of nitrogens with one attached hydrogen (secondary N) is 2.